The molecule has 0 spiro atoms. The second-order valence-electron chi connectivity index (χ2n) is 4.33. The van der Waals surface area contributed by atoms with Gasteiger partial charge in [-0.3, -0.25) is 0 Å². The molecular weight excluding hydrogens is 276 g/mol. The molecule has 0 unspecified atom stereocenters. The van der Waals surface area contributed by atoms with E-state index in [4.69, 9.17) is 16.7 Å². The molecule has 0 fully saturated rings. The third-order valence-electron chi connectivity index (χ3n) is 3.08. The number of anilines is 2. The van der Waals surface area contributed by atoms with Gasteiger partial charge in [-0.25, -0.2) is 9.78 Å². The van der Waals surface area contributed by atoms with Crippen LogP contribution in [0, 0.1) is 6.92 Å². The number of aryl methyl sites for hydroxylation is 1. The Balaban J connectivity index is 2.56. The summed E-state index contributed by atoms with van der Waals surface area (Å²) in [5.74, 6) is -0.595. The van der Waals surface area contributed by atoms with Crippen LogP contribution >= 0.6 is 11.6 Å². The standard InChI is InChI=1S/C15H15ClN2O2/c1-3-18(12-7-5-4-6-10(12)2)14-13(16)11(15(19)20)8-9-17-14/h4-9H,3H2,1-2H3,(H,19,20). The fourth-order valence-corrected chi connectivity index (χ4v) is 2.38. The van der Waals surface area contributed by atoms with Gasteiger partial charge in [-0.1, -0.05) is 29.8 Å². The van der Waals surface area contributed by atoms with Gasteiger partial charge in [0.1, 0.15) is 0 Å². The number of halogens is 1. The third-order valence-corrected chi connectivity index (χ3v) is 3.45. The summed E-state index contributed by atoms with van der Waals surface area (Å²) in [5.41, 5.74) is 2.10. The molecule has 1 N–H and O–H groups in total. The molecule has 104 valence electrons. The number of hydrogen-bond donors (Lipinski definition) is 1. The molecule has 1 aromatic carbocycles. The number of nitrogens with zero attached hydrogens (tertiary/aromatic N) is 2. The van der Waals surface area contributed by atoms with Crippen molar-refractivity contribution in [3.05, 3.63) is 52.7 Å². The Kier molecular flexibility index (Phi) is 4.25. The number of carboxylic acids is 1. The summed E-state index contributed by atoms with van der Waals surface area (Å²) in [6, 6.07) is 9.24. The van der Waals surface area contributed by atoms with Crippen molar-refractivity contribution < 1.29 is 9.90 Å². The molecular formula is C15H15ClN2O2. The van der Waals surface area contributed by atoms with E-state index in [0.29, 0.717) is 12.4 Å². The predicted octanol–water partition coefficient (Wildman–Crippen LogP) is 3.90. The number of hydrogen-bond acceptors (Lipinski definition) is 3. The molecule has 0 bridgehead atoms. The molecule has 0 saturated carbocycles. The Morgan fingerprint density at radius 2 is 2.05 bits per heavy atom. The smallest absolute Gasteiger partial charge is 0.337 e. The molecule has 0 aliphatic rings. The van der Waals surface area contributed by atoms with Crippen LogP contribution in [0.4, 0.5) is 11.5 Å². The van der Waals surface area contributed by atoms with E-state index in [0.717, 1.165) is 11.3 Å². The second-order valence-corrected chi connectivity index (χ2v) is 4.71. The Morgan fingerprint density at radius 3 is 2.65 bits per heavy atom. The van der Waals surface area contributed by atoms with E-state index in [1.54, 1.807) is 0 Å². The SMILES string of the molecule is CCN(c1ccccc1C)c1nccc(C(=O)O)c1Cl. The van der Waals surface area contributed by atoms with Crippen molar-refractivity contribution >= 4 is 29.1 Å². The average Bonchev–Trinajstić information content (AvgIpc) is 2.43. The molecule has 0 aliphatic heterocycles. The van der Waals surface area contributed by atoms with E-state index < -0.39 is 5.97 Å². The number of para-hydroxylation sites is 1. The first-order valence-corrected chi connectivity index (χ1v) is 6.65. The van der Waals surface area contributed by atoms with Crippen LogP contribution in [-0.4, -0.2) is 22.6 Å². The number of pyridine rings is 1. The fraction of sp³-hybridized carbons (Fsp3) is 0.200. The Morgan fingerprint density at radius 1 is 1.35 bits per heavy atom. The van der Waals surface area contributed by atoms with E-state index in [9.17, 15) is 4.79 Å². The minimum Gasteiger partial charge on any atom is -0.478 e. The maximum absolute atomic E-state index is 11.2. The molecule has 0 atom stereocenters. The zero-order valence-corrected chi connectivity index (χ0v) is 12.1. The Hall–Kier alpha value is -2.07. The number of carbonyl (C=O) groups is 1. The van der Waals surface area contributed by atoms with Crippen LogP contribution in [0.1, 0.15) is 22.8 Å². The predicted molar refractivity (Wildman–Crippen MR) is 80.1 cm³/mol. The first kappa shape index (κ1) is 14.3. The van der Waals surface area contributed by atoms with Crippen LogP contribution in [0.25, 0.3) is 0 Å². The monoisotopic (exact) mass is 290 g/mol. The molecule has 2 aromatic rings. The first-order valence-electron chi connectivity index (χ1n) is 6.27. The van der Waals surface area contributed by atoms with Crippen LogP contribution in [0.2, 0.25) is 5.02 Å². The van der Waals surface area contributed by atoms with Gasteiger partial charge in [-0.05, 0) is 31.5 Å². The lowest BCUT2D eigenvalue weighted by molar-refractivity contribution is 0.0697. The molecule has 0 aliphatic carbocycles. The zero-order chi connectivity index (χ0) is 14.7. The van der Waals surface area contributed by atoms with Gasteiger partial charge in [0.2, 0.25) is 0 Å². The van der Waals surface area contributed by atoms with Crippen LogP contribution in [0.15, 0.2) is 36.5 Å². The van der Waals surface area contributed by atoms with Crippen molar-refractivity contribution in [3.8, 4) is 0 Å². The Bertz CT molecular complexity index is 644. The van der Waals surface area contributed by atoms with Gasteiger partial charge in [0.05, 0.1) is 10.6 Å². The summed E-state index contributed by atoms with van der Waals surface area (Å²) in [6.45, 7) is 4.60. The number of carboxylic acid groups (broad SMARTS) is 1. The maximum atomic E-state index is 11.2. The quantitative estimate of drug-likeness (QED) is 0.928. The third kappa shape index (κ3) is 2.60. The number of rotatable bonds is 4. The van der Waals surface area contributed by atoms with Gasteiger partial charge in [-0.2, -0.15) is 0 Å². The van der Waals surface area contributed by atoms with E-state index in [-0.39, 0.29) is 10.6 Å². The van der Waals surface area contributed by atoms with Gasteiger partial charge in [0.15, 0.2) is 5.82 Å². The summed E-state index contributed by atoms with van der Waals surface area (Å²) >= 11 is 6.19. The van der Waals surface area contributed by atoms with Crippen LogP contribution in [0.3, 0.4) is 0 Å². The second kappa shape index (κ2) is 5.92. The summed E-state index contributed by atoms with van der Waals surface area (Å²) in [6.07, 6.45) is 1.46. The van der Waals surface area contributed by atoms with E-state index in [1.807, 2.05) is 43.0 Å². The van der Waals surface area contributed by atoms with Gasteiger partial charge in [0.25, 0.3) is 0 Å². The molecule has 0 saturated heterocycles. The van der Waals surface area contributed by atoms with Crippen molar-refractivity contribution in [1.29, 1.82) is 0 Å². The highest BCUT2D eigenvalue weighted by Crippen LogP contribution is 2.33. The Labute approximate surface area is 122 Å². The fourth-order valence-electron chi connectivity index (χ4n) is 2.09. The molecule has 5 heteroatoms. The molecule has 0 radical (unpaired) electrons. The number of aromatic carboxylic acids is 1. The van der Waals surface area contributed by atoms with Gasteiger partial charge in [0, 0.05) is 18.4 Å². The summed E-state index contributed by atoms with van der Waals surface area (Å²) < 4.78 is 0. The van der Waals surface area contributed by atoms with Crippen molar-refractivity contribution in [1.82, 2.24) is 4.98 Å². The lowest BCUT2D eigenvalue weighted by Crippen LogP contribution is -2.19. The molecule has 0 amide bonds. The van der Waals surface area contributed by atoms with Gasteiger partial charge >= 0.3 is 5.97 Å². The van der Waals surface area contributed by atoms with Crippen LogP contribution < -0.4 is 4.90 Å². The van der Waals surface area contributed by atoms with Gasteiger partial charge in [-0.15, -0.1) is 0 Å². The largest absolute Gasteiger partial charge is 0.478 e. The van der Waals surface area contributed by atoms with Crippen molar-refractivity contribution in [3.63, 3.8) is 0 Å². The van der Waals surface area contributed by atoms with Gasteiger partial charge < -0.3 is 10.0 Å². The first-order chi connectivity index (χ1) is 9.56. The highest BCUT2D eigenvalue weighted by Gasteiger charge is 2.19. The summed E-state index contributed by atoms with van der Waals surface area (Å²) in [5, 5.41) is 9.30. The molecule has 1 heterocycles. The van der Waals surface area contributed by atoms with Crippen molar-refractivity contribution in [2.75, 3.05) is 11.4 Å². The zero-order valence-electron chi connectivity index (χ0n) is 11.3. The summed E-state index contributed by atoms with van der Waals surface area (Å²) in [7, 11) is 0. The lowest BCUT2D eigenvalue weighted by Gasteiger charge is -2.25. The van der Waals surface area contributed by atoms with Crippen molar-refractivity contribution in [2.24, 2.45) is 0 Å². The minimum absolute atomic E-state index is 0.0590. The van der Waals surface area contributed by atoms with Crippen LogP contribution in [0.5, 0.6) is 0 Å². The molecule has 4 nitrogen and oxygen atoms in total. The minimum atomic E-state index is -1.06. The molecule has 20 heavy (non-hydrogen) atoms. The topological polar surface area (TPSA) is 53.4 Å². The maximum Gasteiger partial charge on any atom is 0.337 e. The molecule has 2 rings (SSSR count). The highest BCUT2D eigenvalue weighted by molar-refractivity contribution is 6.36. The number of aromatic nitrogens is 1. The van der Waals surface area contributed by atoms with Crippen LogP contribution in [-0.2, 0) is 0 Å². The lowest BCUT2D eigenvalue weighted by atomic mass is 10.1. The average molecular weight is 291 g/mol. The van der Waals surface area contributed by atoms with E-state index >= 15 is 0 Å². The summed E-state index contributed by atoms with van der Waals surface area (Å²) in [4.78, 5) is 17.3. The van der Waals surface area contributed by atoms with Crippen molar-refractivity contribution in [2.45, 2.75) is 13.8 Å². The van der Waals surface area contributed by atoms with E-state index in [2.05, 4.69) is 4.98 Å². The highest BCUT2D eigenvalue weighted by atomic mass is 35.5. The normalized spacial score (nSPS) is 10.3. The number of benzene rings is 1. The van der Waals surface area contributed by atoms with E-state index in [1.165, 1.54) is 12.3 Å². The molecule has 1 aromatic heterocycles.